The second kappa shape index (κ2) is 7.72. The van der Waals surface area contributed by atoms with Gasteiger partial charge in [0.15, 0.2) is 0 Å². The van der Waals surface area contributed by atoms with Crippen molar-refractivity contribution in [1.82, 2.24) is 4.90 Å². The van der Waals surface area contributed by atoms with Crippen LogP contribution in [0.4, 0.5) is 13.6 Å². The van der Waals surface area contributed by atoms with E-state index in [1.54, 1.807) is 18.0 Å². The van der Waals surface area contributed by atoms with Crippen LogP contribution in [0.5, 0.6) is 0 Å². The minimum atomic E-state index is -2.96. The molecular formula is C21H32F2N2O2. The first-order chi connectivity index (χ1) is 12.4. The van der Waals surface area contributed by atoms with Crippen molar-refractivity contribution >= 4 is 12.3 Å². The van der Waals surface area contributed by atoms with Gasteiger partial charge in [-0.3, -0.25) is 4.99 Å². The summed E-state index contributed by atoms with van der Waals surface area (Å²) in [4.78, 5) is 18.6. The average Bonchev–Trinajstić information content (AvgIpc) is 3.05. The fraction of sp³-hybridized carbons (Fsp3) is 0.714. The molecule has 0 bridgehead atoms. The Labute approximate surface area is 161 Å². The standard InChI is InChI=1S/C21H32F2N2O2/c1-8-16-18(17(13(2)3)14(4)21(16,22)23)24-12-15-10-9-11-25(15)19(26)27-20(5,6)7/h8,12-13,15,18H,9-11H2,1-7H3/b16-8+,24-12?/t15-,18?/m0/s1. The minimum absolute atomic E-state index is 0.0268. The Morgan fingerprint density at radius 2 is 2.00 bits per heavy atom. The number of aliphatic imine (C=N–C) groups is 1. The summed E-state index contributed by atoms with van der Waals surface area (Å²) in [5.74, 6) is -2.99. The number of rotatable bonds is 3. The SMILES string of the molecule is C/C=C1\C(N=C[C@@H]2CCCN2C(=O)OC(C)(C)C)C(C(C)C)=C(C)C1(F)F. The van der Waals surface area contributed by atoms with Crippen molar-refractivity contribution in [2.45, 2.75) is 84.9 Å². The second-order valence-electron chi connectivity index (χ2n) is 8.64. The van der Waals surface area contributed by atoms with Gasteiger partial charge in [-0.25, -0.2) is 4.79 Å². The van der Waals surface area contributed by atoms with E-state index in [0.29, 0.717) is 12.1 Å². The van der Waals surface area contributed by atoms with Gasteiger partial charge in [-0.05, 0) is 59.0 Å². The van der Waals surface area contributed by atoms with Crippen LogP contribution in [0.3, 0.4) is 0 Å². The van der Waals surface area contributed by atoms with Crippen LogP contribution < -0.4 is 0 Å². The fourth-order valence-corrected chi connectivity index (χ4v) is 3.87. The molecule has 1 heterocycles. The number of hydrogen-bond acceptors (Lipinski definition) is 3. The lowest BCUT2D eigenvalue weighted by Crippen LogP contribution is -2.40. The highest BCUT2D eigenvalue weighted by Crippen LogP contribution is 2.48. The number of amides is 1. The molecule has 27 heavy (non-hydrogen) atoms. The van der Waals surface area contributed by atoms with Crippen molar-refractivity contribution in [2.75, 3.05) is 6.54 Å². The van der Waals surface area contributed by atoms with E-state index in [0.717, 1.165) is 12.8 Å². The van der Waals surface area contributed by atoms with E-state index >= 15 is 0 Å². The molecule has 0 aromatic heterocycles. The number of alkyl halides is 2. The van der Waals surface area contributed by atoms with Gasteiger partial charge in [0, 0.05) is 23.9 Å². The molecule has 2 aliphatic rings. The molecule has 1 saturated heterocycles. The Hall–Kier alpha value is -1.72. The van der Waals surface area contributed by atoms with Crippen LogP contribution in [0.2, 0.25) is 0 Å². The van der Waals surface area contributed by atoms with Gasteiger partial charge in [-0.1, -0.05) is 19.9 Å². The number of carbonyl (C=O) groups excluding carboxylic acids is 1. The predicted molar refractivity (Wildman–Crippen MR) is 104 cm³/mol. The summed E-state index contributed by atoms with van der Waals surface area (Å²) in [7, 11) is 0. The van der Waals surface area contributed by atoms with Gasteiger partial charge in [0.25, 0.3) is 5.92 Å². The quantitative estimate of drug-likeness (QED) is 0.485. The number of likely N-dealkylation sites (tertiary alicyclic amines) is 1. The summed E-state index contributed by atoms with van der Waals surface area (Å²) >= 11 is 0. The van der Waals surface area contributed by atoms with Crippen LogP contribution in [0, 0.1) is 5.92 Å². The van der Waals surface area contributed by atoms with E-state index in [1.165, 1.54) is 13.0 Å². The molecule has 1 unspecified atom stereocenters. The maximum atomic E-state index is 14.7. The average molecular weight is 382 g/mol. The van der Waals surface area contributed by atoms with Crippen molar-refractivity contribution in [3.63, 3.8) is 0 Å². The summed E-state index contributed by atoms with van der Waals surface area (Å²) in [6, 6.07) is -0.882. The molecule has 1 amide bonds. The Morgan fingerprint density at radius 1 is 1.37 bits per heavy atom. The lowest BCUT2D eigenvalue weighted by molar-refractivity contribution is 0.0268. The predicted octanol–water partition coefficient (Wildman–Crippen LogP) is 5.39. The summed E-state index contributed by atoms with van der Waals surface area (Å²) in [5.41, 5.74) is 0.230. The van der Waals surface area contributed by atoms with Gasteiger partial charge in [-0.15, -0.1) is 0 Å². The molecular weight excluding hydrogens is 350 g/mol. The smallest absolute Gasteiger partial charge is 0.410 e. The van der Waals surface area contributed by atoms with E-state index < -0.39 is 17.6 Å². The van der Waals surface area contributed by atoms with Crippen LogP contribution in [-0.2, 0) is 4.74 Å². The van der Waals surface area contributed by atoms with E-state index in [-0.39, 0.29) is 29.2 Å². The summed E-state index contributed by atoms with van der Waals surface area (Å²) in [6.45, 7) is 13.0. The minimum Gasteiger partial charge on any atom is -0.444 e. The highest BCUT2D eigenvalue weighted by atomic mass is 19.3. The highest BCUT2D eigenvalue weighted by molar-refractivity contribution is 5.77. The van der Waals surface area contributed by atoms with Crippen molar-refractivity contribution in [3.05, 3.63) is 22.8 Å². The monoisotopic (exact) mass is 382 g/mol. The molecule has 4 nitrogen and oxygen atoms in total. The van der Waals surface area contributed by atoms with Crippen molar-refractivity contribution in [2.24, 2.45) is 10.9 Å². The van der Waals surface area contributed by atoms with E-state index in [4.69, 9.17) is 4.74 Å². The van der Waals surface area contributed by atoms with Crippen LogP contribution in [0.25, 0.3) is 0 Å². The summed E-state index contributed by atoms with van der Waals surface area (Å²) in [5, 5.41) is 0. The lowest BCUT2D eigenvalue weighted by atomic mass is 9.95. The van der Waals surface area contributed by atoms with Crippen LogP contribution in [-0.4, -0.2) is 47.4 Å². The molecule has 0 saturated carbocycles. The zero-order chi connectivity index (χ0) is 20.6. The third kappa shape index (κ3) is 4.41. The van der Waals surface area contributed by atoms with Gasteiger partial charge >= 0.3 is 6.09 Å². The first-order valence-corrected chi connectivity index (χ1v) is 9.68. The Balaban J connectivity index is 2.26. The van der Waals surface area contributed by atoms with Crippen LogP contribution in [0.15, 0.2) is 27.8 Å². The molecule has 0 N–H and O–H groups in total. The molecule has 1 aliphatic heterocycles. The number of halogens is 2. The number of carbonyl (C=O) groups is 1. The van der Waals surface area contributed by atoms with Gasteiger partial charge in [0.1, 0.15) is 5.60 Å². The third-order valence-electron chi connectivity index (χ3n) is 5.12. The molecule has 152 valence electrons. The molecule has 0 aromatic rings. The summed E-state index contributed by atoms with van der Waals surface area (Å²) < 4.78 is 34.8. The molecule has 2 atom stereocenters. The Bertz CT molecular complexity index is 672. The molecule has 2 rings (SSSR count). The summed E-state index contributed by atoms with van der Waals surface area (Å²) in [6.07, 6.45) is 4.37. The van der Waals surface area contributed by atoms with Crippen molar-refractivity contribution in [1.29, 1.82) is 0 Å². The number of nitrogens with zero attached hydrogens (tertiary/aromatic N) is 2. The van der Waals surface area contributed by atoms with E-state index in [1.807, 2.05) is 34.6 Å². The molecule has 0 aromatic carbocycles. The van der Waals surface area contributed by atoms with Crippen molar-refractivity contribution in [3.8, 4) is 0 Å². The number of allylic oxidation sites excluding steroid dienone is 2. The van der Waals surface area contributed by atoms with Crippen LogP contribution >= 0.6 is 0 Å². The first kappa shape index (κ1) is 21.6. The number of ether oxygens (including phenoxy) is 1. The Morgan fingerprint density at radius 3 is 2.52 bits per heavy atom. The Kier molecular flexibility index (Phi) is 6.17. The maximum Gasteiger partial charge on any atom is 0.410 e. The maximum absolute atomic E-state index is 14.7. The lowest BCUT2D eigenvalue weighted by Gasteiger charge is -2.27. The van der Waals surface area contributed by atoms with E-state index in [2.05, 4.69) is 4.99 Å². The first-order valence-electron chi connectivity index (χ1n) is 9.68. The molecule has 6 heteroatoms. The van der Waals surface area contributed by atoms with Gasteiger partial charge in [0.05, 0.1) is 12.1 Å². The molecule has 1 aliphatic carbocycles. The van der Waals surface area contributed by atoms with Crippen molar-refractivity contribution < 1.29 is 18.3 Å². The van der Waals surface area contributed by atoms with Gasteiger partial charge in [-0.2, -0.15) is 8.78 Å². The van der Waals surface area contributed by atoms with Gasteiger partial charge in [0.2, 0.25) is 0 Å². The topological polar surface area (TPSA) is 41.9 Å². The van der Waals surface area contributed by atoms with Gasteiger partial charge < -0.3 is 9.64 Å². The highest BCUT2D eigenvalue weighted by Gasteiger charge is 2.49. The molecule has 0 spiro atoms. The largest absolute Gasteiger partial charge is 0.444 e. The van der Waals surface area contributed by atoms with Crippen LogP contribution in [0.1, 0.15) is 61.3 Å². The second-order valence-corrected chi connectivity index (χ2v) is 8.64. The normalized spacial score (nSPS) is 27.5. The fourth-order valence-electron chi connectivity index (χ4n) is 3.87. The zero-order valence-electron chi connectivity index (χ0n) is 17.5. The molecule has 1 fully saturated rings. The van der Waals surface area contributed by atoms with E-state index in [9.17, 15) is 13.6 Å². The zero-order valence-corrected chi connectivity index (χ0v) is 17.5. The number of hydrogen-bond donors (Lipinski definition) is 0. The molecule has 0 radical (unpaired) electrons. The third-order valence-corrected chi connectivity index (χ3v) is 5.12.